The molecule has 0 bridgehead atoms. The smallest absolute Gasteiger partial charge is 0.273 e. The standard InChI is InChI=1S/C13H20N2O4/c1-10(4-3-5-16)14-9-11-6-12(15(17)18)8-13(7-11)19-2/h6-8,10,14,16H,3-5,9H2,1-2H3. The van der Waals surface area contributed by atoms with E-state index in [1.54, 1.807) is 6.07 Å². The minimum Gasteiger partial charge on any atom is -0.496 e. The molecule has 0 aliphatic carbocycles. The minimum atomic E-state index is -0.429. The van der Waals surface area contributed by atoms with Gasteiger partial charge in [-0.05, 0) is 31.4 Å². The SMILES string of the molecule is COc1cc(CNC(C)CCCO)cc([N+](=O)[O-])c1. The maximum absolute atomic E-state index is 10.8. The van der Waals surface area contributed by atoms with E-state index in [2.05, 4.69) is 5.32 Å². The molecular weight excluding hydrogens is 248 g/mol. The Bertz CT molecular complexity index is 423. The van der Waals surface area contributed by atoms with Crippen molar-refractivity contribution in [2.45, 2.75) is 32.4 Å². The summed E-state index contributed by atoms with van der Waals surface area (Å²) in [6, 6.07) is 4.96. The van der Waals surface area contributed by atoms with Crippen molar-refractivity contribution >= 4 is 5.69 Å². The zero-order valence-corrected chi connectivity index (χ0v) is 11.3. The van der Waals surface area contributed by atoms with Crippen molar-refractivity contribution in [1.82, 2.24) is 5.32 Å². The fraction of sp³-hybridized carbons (Fsp3) is 0.538. The van der Waals surface area contributed by atoms with Crippen LogP contribution in [0.15, 0.2) is 18.2 Å². The number of nitro groups is 1. The molecule has 0 amide bonds. The Kier molecular flexibility index (Phi) is 6.24. The zero-order chi connectivity index (χ0) is 14.3. The van der Waals surface area contributed by atoms with Crippen LogP contribution < -0.4 is 10.1 Å². The van der Waals surface area contributed by atoms with Crippen LogP contribution in [0.5, 0.6) is 5.75 Å². The molecule has 1 unspecified atom stereocenters. The summed E-state index contributed by atoms with van der Waals surface area (Å²) < 4.78 is 5.05. The average molecular weight is 268 g/mol. The maximum Gasteiger partial charge on any atom is 0.273 e. The fourth-order valence-corrected chi connectivity index (χ4v) is 1.76. The topological polar surface area (TPSA) is 84.6 Å². The predicted octanol–water partition coefficient (Wildman–Crippen LogP) is 1.85. The van der Waals surface area contributed by atoms with Crippen LogP contribution in [0, 0.1) is 10.1 Å². The summed E-state index contributed by atoms with van der Waals surface area (Å²) in [7, 11) is 1.49. The van der Waals surface area contributed by atoms with Crippen molar-refractivity contribution in [3.8, 4) is 5.75 Å². The molecule has 1 aromatic rings. The summed E-state index contributed by atoms with van der Waals surface area (Å²) in [4.78, 5) is 10.4. The van der Waals surface area contributed by atoms with Gasteiger partial charge in [0.1, 0.15) is 5.75 Å². The van der Waals surface area contributed by atoms with E-state index in [0.717, 1.165) is 18.4 Å². The van der Waals surface area contributed by atoms with Crippen LogP contribution in [-0.4, -0.2) is 29.8 Å². The molecule has 106 valence electrons. The summed E-state index contributed by atoms with van der Waals surface area (Å²) >= 11 is 0. The summed E-state index contributed by atoms with van der Waals surface area (Å²) in [5.74, 6) is 0.481. The number of non-ortho nitro benzene ring substituents is 1. The van der Waals surface area contributed by atoms with E-state index in [-0.39, 0.29) is 18.3 Å². The van der Waals surface area contributed by atoms with Crippen molar-refractivity contribution in [2.24, 2.45) is 0 Å². The highest BCUT2D eigenvalue weighted by Gasteiger charge is 2.10. The van der Waals surface area contributed by atoms with Gasteiger partial charge in [-0.3, -0.25) is 10.1 Å². The third-order valence-corrected chi connectivity index (χ3v) is 2.85. The highest BCUT2D eigenvalue weighted by atomic mass is 16.6. The van der Waals surface area contributed by atoms with Gasteiger partial charge in [-0.25, -0.2) is 0 Å². The Morgan fingerprint density at radius 2 is 2.21 bits per heavy atom. The molecule has 0 saturated heterocycles. The molecule has 0 aromatic heterocycles. The van der Waals surface area contributed by atoms with Gasteiger partial charge in [0, 0.05) is 25.3 Å². The van der Waals surface area contributed by atoms with Crippen molar-refractivity contribution < 1.29 is 14.8 Å². The number of nitrogens with zero attached hydrogens (tertiary/aromatic N) is 1. The van der Waals surface area contributed by atoms with E-state index in [4.69, 9.17) is 9.84 Å². The first-order valence-electron chi connectivity index (χ1n) is 6.23. The first-order valence-corrected chi connectivity index (χ1v) is 6.23. The molecule has 19 heavy (non-hydrogen) atoms. The number of methoxy groups -OCH3 is 1. The van der Waals surface area contributed by atoms with E-state index >= 15 is 0 Å². The summed E-state index contributed by atoms with van der Waals surface area (Å²) in [5, 5.41) is 22.8. The van der Waals surface area contributed by atoms with Crippen molar-refractivity contribution in [3.63, 3.8) is 0 Å². The Morgan fingerprint density at radius 1 is 1.47 bits per heavy atom. The lowest BCUT2D eigenvalue weighted by molar-refractivity contribution is -0.385. The first kappa shape index (κ1) is 15.4. The lowest BCUT2D eigenvalue weighted by Gasteiger charge is -2.13. The van der Waals surface area contributed by atoms with Gasteiger partial charge < -0.3 is 15.2 Å². The van der Waals surface area contributed by atoms with Gasteiger partial charge in [-0.15, -0.1) is 0 Å². The molecule has 0 spiro atoms. The summed E-state index contributed by atoms with van der Waals surface area (Å²) in [6.45, 7) is 2.73. The van der Waals surface area contributed by atoms with Gasteiger partial charge in [0.15, 0.2) is 0 Å². The highest BCUT2D eigenvalue weighted by molar-refractivity contribution is 5.42. The van der Waals surface area contributed by atoms with Crippen LogP contribution in [0.1, 0.15) is 25.3 Å². The Labute approximate surface area is 112 Å². The number of aliphatic hydroxyl groups is 1. The molecule has 1 atom stereocenters. The Morgan fingerprint density at radius 3 is 2.79 bits per heavy atom. The lowest BCUT2D eigenvalue weighted by Crippen LogP contribution is -2.25. The molecule has 0 heterocycles. The number of ether oxygens (including phenoxy) is 1. The van der Waals surface area contributed by atoms with Crippen molar-refractivity contribution in [3.05, 3.63) is 33.9 Å². The molecule has 6 nitrogen and oxygen atoms in total. The number of rotatable bonds is 8. The molecule has 6 heteroatoms. The number of benzene rings is 1. The van der Waals surface area contributed by atoms with E-state index in [1.165, 1.54) is 19.2 Å². The van der Waals surface area contributed by atoms with Gasteiger partial charge in [0.2, 0.25) is 0 Å². The van der Waals surface area contributed by atoms with E-state index in [0.29, 0.717) is 12.3 Å². The first-order chi connectivity index (χ1) is 9.06. The van der Waals surface area contributed by atoms with Gasteiger partial charge in [0.25, 0.3) is 5.69 Å². The van der Waals surface area contributed by atoms with E-state index < -0.39 is 4.92 Å². The van der Waals surface area contributed by atoms with Gasteiger partial charge in [-0.2, -0.15) is 0 Å². The fourth-order valence-electron chi connectivity index (χ4n) is 1.76. The Hall–Kier alpha value is -1.66. The van der Waals surface area contributed by atoms with Crippen molar-refractivity contribution in [2.75, 3.05) is 13.7 Å². The third-order valence-electron chi connectivity index (χ3n) is 2.85. The average Bonchev–Trinajstić information content (AvgIpc) is 2.42. The maximum atomic E-state index is 10.8. The molecule has 0 saturated carbocycles. The quantitative estimate of drug-likeness (QED) is 0.555. The van der Waals surface area contributed by atoms with E-state index in [1.807, 2.05) is 6.92 Å². The summed E-state index contributed by atoms with van der Waals surface area (Å²) in [5.41, 5.74) is 0.834. The normalized spacial score (nSPS) is 12.2. The number of aliphatic hydroxyl groups excluding tert-OH is 1. The Balaban J connectivity index is 2.66. The second-order valence-corrected chi connectivity index (χ2v) is 4.44. The minimum absolute atomic E-state index is 0.0270. The molecule has 0 aliphatic rings. The van der Waals surface area contributed by atoms with Gasteiger partial charge >= 0.3 is 0 Å². The highest BCUT2D eigenvalue weighted by Crippen LogP contribution is 2.22. The number of nitrogens with one attached hydrogen (secondary N) is 1. The lowest BCUT2D eigenvalue weighted by atomic mass is 10.1. The number of hydrogen-bond acceptors (Lipinski definition) is 5. The molecule has 0 aliphatic heterocycles. The molecule has 0 radical (unpaired) electrons. The van der Waals surface area contributed by atoms with Crippen molar-refractivity contribution in [1.29, 1.82) is 0 Å². The van der Waals surface area contributed by atoms with Gasteiger partial charge in [0.05, 0.1) is 18.1 Å². The van der Waals surface area contributed by atoms with Crippen LogP contribution >= 0.6 is 0 Å². The molecule has 1 rings (SSSR count). The van der Waals surface area contributed by atoms with Crippen LogP contribution in [0.25, 0.3) is 0 Å². The second-order valence-electron chi connectivity index (χ2n) is 4.44. The summed E-state index contributed by atoms with van der Waals surface area (Å²) in [6.07, 6.45) is 1.61. The molecule has 0 fully saturated rings. The second kappa shape index (κ2) is 7.70. The zero-order valence-electron chi connectivity index (χ0n) is 11.3. The molecule has 1 aromatic carbocycles. The van der Waals surface area contributed by atoms with Crippen LogP contribution in [-0.2, 0) is 6.54 Å². The van der Waals surface area contributed by atoms with Crippen LogP contribution in [0.3, 0.4) is 0 Å². The molecular formula is C13H20N2O4. The van der Waals surface area contributed by atoms with E-state index in [9.17, 15) is 10.1 Å². The number of hydrogen-bond donors (Lipinski definition) is 2. The molecule has 2 N–H and O–H groups in total. The third kappa shape index (κ3) is 5.23. The van der Waals surface area contributed by atoms with Crippen LogP contribution in [0.4, 0.5) is 5.69 Å². The predicted molar refractivity (Wildman–Crippen MR) is 72.3 cm³/mol. The van der Waals surface area contributed by atoms with Crippen LogP contribution in [0.2, 0.25) is 0 Å². The van der Waals surface area contributed by atoms with Gasteiger partial charge in [-0.1, -0.05) is 0 Å². The number of nitro benzene ring substituents is 1. The monoisotopic (exact) mass is 268 g/mol. The largest absolute Gasteiger partial charge is 0.496 e.